The van der Waals surface area contributed by atoms with Crippen LogP contribution < -0.4 is 0 Å². The number of benzene rings is 1. The second-order valence-electron chi connectivity index (χ2n) is 3.60. The second kappa shape index (κ2) is 5.06. The Hall–Kier alpha value is -1.74. The first-order valence-electron chi connectivity index (χ1n) is 5.04. The molecule has 0 saturated carbocycles. The predicted octanol–water partition coefficient (Wildman–Crippen LogP) is 3.30. The van der Waals surface area contributed by atoms with Crippen LogP contribution >= 0.6 is 11.6 Å². The van der Waals surface area contributed by atoms with Crippen LogP contribution in [0.4, 0.5) is 4.39 Å². The standard InChI is InChI=1S/C13H9ClFNO/c14-13-8-10(4-5-16-13)12(17)7-9-2-1-3-11(15)6-9/h1-6,8H,7H2. The molecular weight excluding hydrogens is 241 g/mol. The summed E-state index contributed by atoms with van der Waals surface area (Å²) < 4.78 is 12.9. The summed E-state index contributed by atoms with van der Waals surface area (Å²) >= 11 is 5.69. The minimum atomic E-state index is -0.344. The summed E-state index contributed by atoms with van der Waals surface area (Å²) in [6, 6.07) is 9.08. The maximum absolute atomic E-state index is 12.9. The Kier molecular flexibility index (Phi) is 3.49. The van der Waals surface area contributed by atoms with Gasteiger partial charge in [-0.25, -0.2) is 9.37 Å². The number of carbonyl (C=O) groups is 1. The smallest absolute Gasteiger partial charge is 0.167 e. The average molecular weight is 250 g/mol. The van der Waals surface area contributed by atoms with E-state index < -0.39 is 0 Å². The minimum Gasteiger partial charge on any atom is -0.294 e. The van der Waals surface area contributed by atoms with E-state index in [0.29, 0.717) is 11.1 Å². The highest BCUT2D eigenvalue weighted by molar-refractivity contribution is 6.29. The molecule has 0 unspecified atom stereocenters. The van der Waals surface area contributed by atoms with Crippen LogP contribution in [0.5, 0.6) is 0 Å². The molecule has 4 heteroatoms. The first-order chi connectivity index (χ1) is 8.15. The van der Waals surface area contributed by atoms with E-state index in [4.69, 9.17) is 11.6 Å². The summed E-state index contributed by atoms with van der Waals surface area (Å²) in [6.07, 6.45) is 1.62. The molecular formula is C13H9ClFNO. The lowest BCUT2D eigenvalue weighted by molar-refractivity contribution is 0.0993. The highest BCUT2D eigenvalue weighted by Crippen LogP contribution is 2.11. The Morgan fingerprint density at radius 1 is 1.29 bits per heavy atom. The van der Waals surface area contributed by atoms with Crippen molar-refractivity contribution in [2.75, 3.05) is 0 Å². The third kappa shape index (κ3) is 3.11. The van der Waals surface area contributed by atoms with Crippen LogP contribution in [0.25, 0.3) is 0 Å². The molecule has 1 aromatic heterocycles. The van der Waals surface area contributed by atoms with Crippen LogP contribution in [-0.2, 0) is 6.42 Å². The molecule has 0 amide bonds. The van der Waals surface area contributed by atoms with E-state index in [1.54, 1.807) is 18.2 Å². The number of hydrogen-bond donors (Lipinski definition) is 0. The number of hydrogen-bond acceptors (Lipinski definition) is 2. The van der Waals surface area contributed by atoms with Crippen molar-refractivity contribution >= 4 is 17.4 Å². The molecule has 0 saturated heterocycles. The quantitative estimate of drug-likeness (QED) is 0.617. The molecule has 0 aliphatic carbocycles. The van der Waals surface area contributed by atoms with E-state index in [-0.39, 0.29) is 23.2 Å². The van der Waals surface area contributed by atoms with Crippen molar-refractivity contribution in [3.63, 3.8) is 0 Å². The zero-order valence-electron chi connectivity index (χ0n) is 8.86. The van der Waals surface area contributed by atoms with Gasteiger partial charge in [-0.1, -0.05) is 23.7 Å². The maximum Gasteiger partial charge on any atom is 0.167 e. The normalized spacial score (nSPS) is 10.2. The summed E-state index contributed by atoms with van der Waals surface area (Å²) in [7, 11) is 0. The number of nitrogens with zero attached hydrogens (tertiary/aromatic N) is 1. The third-order valence-corrected chi connectivity index (χ3v) is 2.51. The van der Waals surface area contributed by atoms with Gasteiger partial charge >= 0.3 is 0 Å². The van der Waals surface area contributed by atoms with Gasteiger partial charge in [-0.2, -0.15) is 0 Å². The zero-order valence-corrected chi connectivity index (χ0v) is 9.62. The monoisotopic (exact) mass is 249 g/mol. The fourth-order valence-electron chi connectivity index (χ4n) is 1.51. The van der Waals surface area contributed by atoms with Crippen molar-refractivity contribution < 1.29 is 9.18 Å². The molecule has 0 atom stereocenters. The Morgan fingerprint density at radius 2 is 2.12 bits per heavy atom. The van der Waals surface area contributed by atoms with E-state index >= 15 is 0 Å². The summed E-state index contributed by atoms with van der Waals surface area (Å²) in [5.74, 6) is -0.456. The van der Waals surface area contributed by atoms with Crippen LogP contribution in [0.1, 0.15) is 15.9 Å². The molecule has 2 aromatic rings. The molecule has 17 heavy (non-hydrogen) atoms. The van der Waals surface area contributed by atoms with Crippen molar-refractivity contribution in [3.05, 3.63) is 64.7 Å². The van der Waals surface area contributed by atoms with Crippen LogP contribution in [0.3, 0.4) is 0 Å². The topological polar surface area (TPSA) is 30.0 Å². The number of rotatable bonds is 3. The van der Waals surface area contributed by atoms with Crippen molar-refractivity contribution in [1.82, 2.24) is 4.98 Å². The molecule has 0 bridgehead atoms. The zero-order chi connectivity index (χ0) is 12.3. The predicted molar refractivity (Wildman–Crippen MR) is 63.7 cm³/mol. The van der Waals surface area contributed by atoms with E-state index in [1.807, 2.05) is 0 Å². The number of aromatic nitrogens is 1. The highest BCUT2D eigenvalue weighted by Gasteiger charge is 2.08. The number of ketones is 1. The van der Waals surface area contributed by atoms with Crippen molar-refractivity contribution in [3.8, 4) is 0 Å². The lowest BCUT2D eigenvalue weighted by Gasteiger charge is -2.02. The largest absolute Gasteiger partial charge is 0.294 e. The Bertz CT molecular complexity index is 557. The number of carbonyl (C=O) groups excluding carboxylic acids is 1. The van der Waals surface area contributed by atoms with E-state index in [1.165, 1.54) is 24.4 Å². The summed E-state index contributed by atoms with van der Waals surface area (Å²) in [5, 5.41) is 0.273. The van der Waals surface area contributed by atoms with Crippen molar-refractivity contribution in [2.24, 2.45) is 0 Å². The summed E-state index contributed by atoms with van der Waals surface area (Å²) in [5.41, 5.74) is 1.12. The second-order valence-corrected chi connectivity index (χ2v) is 3.98. The highest BCUT2D eigenvalue weighted by atomic mass is 35.5. The molecule has 0 N–H and O–H groups in total. The van der Waals surface area contributed by atoms with Crippen LogP contribution in [0.2, 0.25) is 5.15 Å². The van der Waals surface area contributed by atoms with Gasteiger partial charge in [0.15, 0.2) is 5.78 Å². The van der Waals surface area contributed by atoms with Gasteiger partial charge in [0.25, 0.3) is 0 Å². The molecule has 2 rings (SSSR count). The van der Waals surface area contributed by atoms with E-state index in [2.05, 4.69) is 4.98 Å². The van der Waals surface area contributed by atoms with Gasteiger partial charge in [-0.05, 0) is 29.8 Å². The molecule has 1 heterocycles. The van der Waals surface area contributed by atoms with Gasteiger partial charge in [0.2, 0.25) is 0 Å². The van der Waals surface area contributed by atoms with Crippen LogP contribution in [0, 0.1) is 5.82 Å². The summed E-state index contributed by atoms with van der Waals surface area (Å²) in [4.78, 5) is 15.7. The van der Waals surface area contributed by atoms with Crippen molar-refractivity contribution in [1.29, 1.82) is 0 Å². The fourth-order valence-corrected chi connectivity index (χ4v) is 1.68. The maximum atomic E-state index is 12.9. The number of pyridine rings is 1. The molecule has 1 aromatic carbocycles. The molecule has 0 aliphatic heterocycles. The van der Waals surface area contributed by atoms with Gasteiger partial charge in [0.1, 0.15) is 11.0 Å². The van der Waals surface area contributed by atoms with Gasteiger partial charge in [0.05, 0.1) is 0 Å². The van der Waals surface area contributed by atoms with E-state index in [9.17, 15) is 9.18 Å². The first-order valence-corrected chi connectivity index (χ1v) is 5.42. The minimum absolute atomic E-state index is 0.111. The van der Waals surface area contributed by atoms with Gasteiger partial charge in [-0.15, -0.1) is 0 Å². The molecule has 86 valence electrons. The first kappa shape index (κ1) is 11.7. The average Bonchev–Trinajstić information content (AvgIpc) is 2.29. The SMILES string of the molecule is O=C(Cc1cccc(F)c1)c1ccnc(Cl)c1. The van der Waals surface area contributed by atoms with Crippen LogP contribution in [0.15, 0.2) is 42.6 Å². The number of halogens is 2. The van der Waals surface area contributed by atoms with E-state index in [0.717, 1.165) is 0 Å². The molecule has 0 fully saturated rings. The third-order valence-electron chi connectivity index (χ3n) is 2.30. The lowest BCUT2D eigenvalue weighted by Crippen LogP contribution is -2.04. The molecule has 2 nitrogen and oxygen atoms in total. The molecule has 0 spiro atoms. The Morgan fingerprint density at radius 3 is 2.82 bits per heavy atom. The molecule has 0 aliphatic rings. The summed E-state index contributed by atoms with van der Waals surface area (Å²) in [6.45, 7) is 0. The van der Waals surface area contributed by atoms with Gasteiger partial charge in [-0.3, -0.25) is 4.79 Å². The van der Waals surface area contributed by atoms with Crippen molar-refractivity contribution in [2.45, 2.75) is 6.42 Å². The van der Waals surface area contributed by atoms with Gasteiger partial charge in [0, 0.05) is 18.2 Å². The fraction of sp³-hybridized carbons (Fsp3) is 0.0769. The number of Topliss-reactive ketones (excluding diaryl/α,β-unsaturated/α-hetero) is 1. The van der Waals surface area contributed by atoms with Crippen LogP contribution in [-0.4, -0.2) is 10.8 Å². The Labute approximate surface area is 103 Å². The Balaban J connectivity index is 2.17. The lowest BCUT2D eigenvalue weighted by atomic mass is 10.0. The molecule has 0 radical (unpaired) electrons. The van der Waals surface area contributed by atoms with Gasteiger partial charge < -0.3 is 0 Å².